The Labute approximate surface area is 163 Å². The molecule has 0 radical (unpaired) electrons. The Morgan fingerprint density at radius 3 is 2.46 bits per heavy atom. The highest BCUT2D eigenvalue weighted by molar-refractivity contribution is 7.97. The van der Waals surface area contributed by atoms with E-state index in [0.29, 0.717) is 17.0 Å². The van der Waals surface area contributed by atoms with E-state index in [4.69, 9.17) is 4.42 Å². The highest BCUT2D eigenvalue weighted by Crippen LogP contribution is 2.35. The number of nitrogens with one attached hydrogen (secondary N) is 1. The minimum absolute atomic E-state index is 0.142. The first-order valence-electron chi connectivity index (χ1n) is 8.74. The number of carbonyl (C=O) groups excluding carboxylic acids is 1. The number of fused-ring (bicyclic) bond motifs is 1. The van der Waals surface area contributed by atoms with Crippen molar-refractivity contribution in [1.29, 1.82) is 0 Å². The van der Waals surface area contributed by atoms with Gasteiger partial charge in [0.2, 0.25) is 5.78 Å². The molecule has 0 aliphatic carbocycles. The predicted molar refractivity (Wildman–Crippen MR) is 106 cm³/mol. The summed E-state index contributed by atoms with van der Waals surface area (Å²) in [4.78, 5) is 12.6. The first-order chi connectivity index (χ1) is 13.6. The number of carbonyl (C=O) groups is 1. The van der Waals surface area contributed by atoms with Gasteiger partial charge in [-0.05, 0) is 29.8 Å². The maximum absolute atomic E-state index is 13.3. The molecule has 2 aromatic carbocycles. The summed E-state index contributed by atoms with van der Waals surface area (Å²) in [6.45, 7) is 0.419. The number of Topliss-reactive ketones (excluding diaryl/α,β-unsaturated/α-hetero) is 1. The van der Waals surface area contributed by atoms with Gasteiger partial charge in [-0.3, -0.25) is 9.10 Å². The number of rotatable bonds is 5. The Balaban J connectivity index is 1.73. The Bertz CT molecular complexity index is 1120. The molecule has 0 saturated heterocycles. The van der Waals surface area contributed by atoms with Crippen molar-refractivity contribution in [3.05, 3.63) is 101 Å². The number of allylic oxidation sites excluding steroid dienone is 1. The first kappa shape index (κ1) is 18.1. The fourth-order valence-corrected chi connectivity index (χ4v) is 4.65. The average molecular weight is 394 g/mol. The van der Waals surface area contributed by atoms with E-state index in [0.717, 1.165) is 5.56 Å². The quantitative estimate of drug-likeness (QED) is 0.671. The van der Waals surface area contributed by atoms with Crippen LogP contribution < -0.4 is 9.62 Å². The van der Waals surface area contributed by atoms with Gasteiger partial charge in [0.1, 0.15) is 5.76 Å². The van der Waals surface area contributed by atoms with E-state index < -0.39 is 15.8 Å². The Kier molecular flexibility index (Phi) is 4.75. The fraction of sp³-hybridized carbons (Fsp3) is 0.0952. The van der Waals surface area contributed by atoms with E-state index in [9.17, 15) is 13.2 Å². The number of ketones is 1. The maximum Gasteiger partial charge on any atom is 0.270 e. The largest absolute Gasteiger partial charge is 0.467 e. The summed E-state index contributed by atoms with van der Waals surface area (Å²) in [5, 5.41) is 2.88. The zero-order valence-electron chi connectivity index (χ0n) is 14.9. The standard InChI is InChI=1S/C21H18N2O4S/c24-21-18-10-4-5-11-19(18)23(15-16-7-2-1-3-8-16)28(25,26)20(21)14-22-13-17-9-6-12-27-17/h1-12,14,22H,13,15H2. The lowest BCUT2D eigenvalue weighted by Crippen LogP contribution is -2.39. The molecule has 0 fully saturated rings. The van der Waals surface area contributed by atoms with E-state index in [1.165, 1.54) is 16.8 Å². The third kappa shape index (κ3) is 3.32. The van der Waals surface area contributed by atoms with Crippen LogP contribution in [0.4, 0.5) is 5.69 Å². The monoisotopic (exact) mass is 394 g/mol. The zero-order valence-corrected chi connectivity index (χ0v) is 15.7. The van der Waals surface area contributed by atoms with Crippen molar-refractivity contribution in [2.45, 2.75) is 13.1 Å². The number of hydrogen-bond donors (Lipinski definition) is 1. The smallest absolute Gasteiger partial charge is 0.270 e. The van der Waals surface area contributed by atoms with Crippen LogP contribution in [0.3, 0.4) is 0 Å². The molecule has 7 heteroatoms. The predicted octanol–water partition coefficient (Wildman–Crippen LogP) is 3.44. The van der Waals surface area contributed by atoms with Crippen molar-refractivity contribution < 1.29 is 17.6 Å². The van der Waals surface area contributed by atoms with Gasteiger partial charge in [-0.15, -0.1) is 0 Å². The number of anilines is 1. The van der Waals surface area contributed by atoms with Crippen LogP contribution in [0, 0.1) is 0 Å². The Morgan fingerprint density at radius 2 is 1.71 bits per heavy atom. The van der Waals surface area contributed by atoms with Crippen LogP contribution >= 0.6 is 0 Å². The molecule has 0 spiro atoms. The second-order valence-corrected chi connectivity index (χ2v) is 8.14. The molecule has 0 bridgehead atoms. The van der Waals surface area contributed by atoms with Crippen LogP contribution in [0.2, 0.25) is 0 Å². The molecule has 2 heterocycles. The molecule has 142 valence electrons. The van der Waals surface area contributed by atoms with Gasteiger partial charge >= 0.3 is 0 Å². The van der Waals surface area contributed by atoms with Crippen molar-refractivity contribution in [3.63, 3.8) is 0 Å². The first-order valence-corrected chi connectivity index (χ1v) is 10.2. The van der Waals surface area contributed by atoms with E-state index in [1.807, 2.05) is 30.3 Å². The minimum Gasteiger partial charge on any atom is -0.467 e. The molecule has 1 N–H and O–H groups in total. The minimum atomic E-state index is -4.01. The number of nitrogens with zero attached hydrogens (tertiary/aromatic N) is 1. The maximum atomic E-state index is 13.3. The fourth-order valence-electron chi connectivity index (χ4n) is 3.10. The normalized spacial score (nSPS) is 16.8. The lowest BCUT2D eigenvalue weighted by molar-refractivity contribution is 0.104. The molecule has 3 aromatic rings. The molecule has 0 amide bonds. The number of benzene rings is 2. The van der Waals surface area contributed by atoms with Gasteiger partial charge < -0.3 is 9.73 Å². The third-order valence-electron chi connectivity index (χ3n) is 4.47. The van der Waals surface area contributed by atoms with Crippen LogP contribution in [0.25, 0.3) is 0 Å². The number of hydrogen-bond acceptors (Lipinski definition) is 5. The third-order valence-corrected chi connectivity index (χ3v) is 6.23. The summed E-state index contributed by atoms with van der Waals surface area (Å²) in [5.74, 6) is 0.117. The van der Waals surface area contributed by atoms with Crippen LogP contribution in [-0.2, 0) is 23.1 Å². The van der Waals surface area contributed by atoms with Crippen molar-refractivity contribution in [2.75, 3.05) is 4.31 Å². The number of para-hydroxylation sites is 1. The van der Waals surface area contributed by atoms with E-state index in [-0.39, 0.29) is 18.0 Å². The molecule has 1 aromatic heterocycles. The van der Waals surface area contributed by atoms with Crippen molar-refractivity contribution >= 4 is 21.5 Å². The summed E-state index contributed by atoms with van der Waals surface area (Å²) in [5.41, 5.74) is 1.58. The van der Waals surface area contributed by atoms with E-state index >= 15 is 0 Å². The van der Waals surface area contributed by atoms with Crippen LogP contribution in [0.1, 0.15) is 21.7 Å². The second kappa shape index (κ2) is 7.36. The van der Waals surface area contributed by atoms with Gasteiger partial charge in [0, 0.05) is 11.8 Å². The van der Waals surface area contributed by atoms with Crippen LogP contribution in [-0.4, -0.2) is 14.2 Å². The van der Waals surface area contributed by atoms with Crippen molar-refractivity contribution in [3.8, 4) is 0 Å². The van der Waals surface area contributed by atoms with Crippen LogP contribution in [0.15, 0.2) is 88.5 Å². The number of furan rings is 1. The molecule has 0 saturated carbocycles. The van der Waals surface area contributed by atoms with Gasteiger partial charge in [-0.2, -0.15) is 0 Å². The average Bonchev–Trinajstić information content (AvgIpc) is 3.22. The van der Waals surface area contributed by atoms with E-state index in [2.05, 4.69) is 5.32 Å². The van der Waals surface area contributed by atoms with Gasteiger partial charge in [-0.25, -0.2) is 8.42 Å². The van der Waals surface area contributed by atoms with Crippen molar-refractivity contribution in [2.24, 2.45) is 0 Å². The molecular formula is C21H18N2O4S. The second-order valence-electron chi connectivity index (χ2n) is 6.31. The molecule has 28 heavy (non-hydrogen) atoms. The molecule has 0 unspecified atom stereocenters. The topological polar surface area (TPSA) is 79.6 Å². The zero-order chi connectivity index (χ0) is 19.6. The van der Waals surface area contributed by atoms with Gasteiger partial charge in [0.15, 0.2) is 4.91 Å². The Morgan fingerprint density at radius 1 is 0.964 bits per heavy atom. The van der Waals surface area contributed by atoms with Crippen molar-refractivity contribution in [1.82, 2.24) is 5.32 Å². The summed E-state index contributed by atoms with van der Waals surface area (Å²) in [7, 11) is -4.01. The van der Waals surface area contributed by atoms with Gasteiger partial charge in [0.25, 0.3) is 10.0 Å². The highest BCUT2D eigenvalue weighted by atomic mass is 32.2. The van der Waals surface area contributed by atoms with Gasteiger partial charge in [0.05, 0.1) is 25.0 Å². The molecular weight excluding hydrogens is 376 g/mol. The lowest BCUT2D eigenvalue weighted by atomic mass is 10.1. The summed E-state index contributed by atoms with van der Waals surface area (Å²) < 4.78 is 33.0. The lowest BCUT2D eigenvalue weighted by Gasteiger charge is -2.31. The molecule has 1 aliphatic heterocycles. The Hall–Kier alpha value is -3.32. The van der Waals surface area contributed by atoms with Crippen LogP contribution in [0.5, 0.6) is 0 Å². The summed E-state index contributed by atoms with van der Waals surface area (Å²) >= 11 is 0. The SMILES string of the molecule is O=C1C(=CNCc2ccco2)S(=O)(=O)N(Cc2ccccc2)c2ccccc21. The molecule has 0 atom stereocenters. The number of sulfonamides is 1. The van der Waals surface area contributed by atoms with Gasteiger partial charge in [-0.1, -0.05) is 42.5 Å². The highest BCUT2D eigenvalue weighted by Gasteiger charge is 2.39. The van der Waals surface area contributed by atoms with E-state index in [1.54, 1.807) is 36.4 Å². The molecule has 6 nitrogen and oxygen atoms in total. The molecule has 4 rings (SSSR count). The summed E-state index contributed by atoms with van der Waals surface area (Å²) in [6.07, 6.45) is 2.79. The summed E-state index contributed by atoms with van der Waals surface area (Å²) in [6, 6.07) is 19.5. The molecule has 1 aliphatic rings.